The molecule has 0 aliphatic carbocycles. The lowest BCUT2D eigenvalue weighted by Gasteiger charge is -2.04. The second kappa shape index (κ2) is 5.68. The molecule has 2 aromatic rings. The molecule has 2 N–H and O–H groups in total. The van der Waals surface area contributed by atoms with Gasteiger partial charge in [-0.1, -0.05) is 0 Å². The van der Waals surface area contributed by atoms with Crippen LogP contribution in [-0.2, 0) is 30.2 Å². The molecule has 2 rings (SSSR count). The molecule has 0 fully saturated rings. The summed E-state index contributed by atoms with van der Waals surface area (Å²) in [5.74, 6) is 0.176. The molecule has 2 aromatic heterocycles. The first kappa shape index (κ1) is 15.2. The summed E-state index contributed by atoms with van der Waals surface area (Å²) >= 11 is 3.03. The Kier molecular flexibility index (Phi) is 4.33. The van der Waals surface area contributed by atoms with E-state index in [1.54, 1.807) is 17.9 Å². The third-order valence-corrected chi connectivity index (χ3v) is 5.20. The SMILES string of the molecule is Cc1c(CNS(=O)(=O)c2cc(CO)oc2Br)cnn1C. The molecule has 110 valence electrons. The number of furan rings is 1. The number of nitrogens with one attached hydrogen (secondary N) is 1. The van der Waals surface area contributed by atoms with Gasteiger partial charge in [0.15, 0.2) is 4.67 Å². The van der Waals surface area contributed by atoms with Gasteiger partial charge in [-0.15, -0.1) is 0 Å². The maximum absolute atomic E-state index is 12.2. The van der Waals surface area contributed by atoms with Crippen molar-refractivity contribution in [2.75, 3.05) is 0 Å². The summed E-state index contributed by atoms with van der Waals surface area (Å²) in [6.07, 6.45) is 1.61. The number of aryl methyl sites for hydroxylation is 1. The summed E-state index contributed by atoms with van der Waals surface area (Å²) in [7, 11) is -1.94. The molecule has 0 aliphatic heterocycles. The highest BCUT2D eigenvalue weighted by molar-refractivity contribution is 9.10. The minimum absolute atomic E-state index is 0.0388. The Balaban J connectivity index is 2.19. The maximum Gasteiger partial charge on any atom is 0.245 e. The molecule has 0 bridgehead atoms. The molecule has 0 saturated carbocycles. The Bertz CT molecular complexity index is 720. The summed E-state index contributed by atoms with van der Waals surface area (Å²) in [6, 6.07) is 1.28. The molecular weight excluding hydrogens is 350 g/mol. The average molecular weight is 364 g/mol. The van der Waals surface area contributed by atoms with Crippen molar-refractivity contribution in [3.63, 3.8) is 0 Å². The molecule has 9 heteroatoms. The van der Waals surface area contributed by atoms with E-state index in [0.29, 0.717) is 0 Å². The standard InChI is InChI=1S/C11H14BrN3O4S/c1-7-8(4-13-15(7)2)5-14-20(17,18)10-3-9(6-16)19-11(10)12/h3-4,14,16H,5-6H2,1-2H3. The zero-order chi connectivity index (χ0) is 14.9. The molecular formula is C11H14BrN3O4S. The van der Waals surface area contributed by atoms with Gasteiger partial charge in [0.2, 0.25) is 10.0 Å². The van der Waals surface area contributed by atoms with Gasteiger partial charge in [0.05, 0.1) is 6.20 Å². The summed E-state index contributed by atoms with van der Waals surface area (Å²) in [6.45, 7) is 1.62. The molecule has 0 unspecified atom stereocenters. The van der Waals surface area contributed by atoms with Crippen LogP contribution in [0.2, 0.25) is 0 Å². The van der Waals surface area contributed by atoms with Gasteiger partial charge in [-0.25, -0.2) is 13.1 Å². The van der Waals surface area contributed by atoms with Crippen molar-refractivity contribution in [1.29, 1.82) is 0 Å². The van der Waals surface area contributed by atoms with Crippen molar-refractivity contribution >= 4 is 26.0 Å². The van der Waals surface area contributed by atoms with Crippen molar-refractivity contribution in [1.82, 2.24) is 14.5 Å². The first-order chi connectivity index (χ1) is 9.35. The number of aliphatic hydroxyl groups excluding tert-OH is 1. The molecule has 0 spiro atoms. The van der Waals surface area contributed by atoms with Crippen LogP contribution in [0.25, 0.3) is 0 Å². The molecule has 0 amide bonds. The second-order valence-corrected chi connectivity index (χ2v) is 6.67. The number of sulfonamides is 1. The molecule has 0 aromatic carbocycles. The third-order valence-electron chi connectivity index (χ3n) is 2.94. The topological polar surface area (TPSA) is 97.4 Å². The quantitative estimate of drug-likeness (QED) is 0.827. The van der Waals surface area contributed by atoms with E-state index in [4.69, 9.17) is 9.52 Å². The normalized spacial score (nSPS) is 12.0. The summed E-state index contributed by atoms with van der Waals surface area (Å²) in [4.78, 5) is -0.0388. The van der Waals surface area contributed by atoms with Crippen molar-refractivity contribution in [2.24, 2.45) is 7.05 Å². The lowest BCUT2D eigenvalue weighted by Crippen LogP contribution is -2.23. The third kappa shape index (κ3) is 2.95. The van der Waals surface area contributed by atoms with Crippen LogP contribution >= 0.6 is 15.9 Å². The van der Waals surface area contributed by atoms with E-state index in [-0.39, 0.29) is 28.5 Å². The Labute approximate surface area is 124 Å². The lowest BCUT2D eigenvalue weighted by atomic mass is 10.3. The summed E-state index contributed by atoms with van der Waals surface area (Å²) < 4.78 is 33.6. The van der Waals surface area contributed by atoms with Crippen molar-refractivity contribution in [2.45, 2.75) is 25.0 Å². The highest BCUT2D eigenvalue weighted by atomic mass is 79.9. The van der Waals surface area contributed by atoms with Gasteiger partial charge >= 0.3 is 0 Å². The van der Waals surface area contributed by atoms with Crippen LogP contribution in [0, 0.1) is 6.92 Å². The number of nitrogens with zero attached hydrogens (tertiary/aromatic N) is 2. The van der Waals surface area contributed by atoms with Crippen molar-refractivity contribution in [3.05, 3.63) is 34.0 Å². The second-order valence-electron chi connectivity index (χ2n) is 4.21. The van der Waals surface area contributed by atoms with Gasteiger partial charge in [0.1, 0.15) is 17.3 Å². The Morgan fingerprint density at radius 3 is 2.75 bits per heavy atom. The van der Waals surface area contributed by atoms with Gasteiger partial charge < -0.3 is 9.52 Å². The average Bonchev–Trinajstić information content (AvgIpc) is 2.93. The van der Waals surface area contributed by atoms with E-state index in [1.165, 1.54) is 6.07 Å². The predicted molar refractivity (Wildman–Crippen MR) is 74.3 cm³/mol. The van der Waals surface area contributed by atoms with Crippen molar-refractivity contribution < 1.29 is 17.9 Å². The first-order valence-electron chi connectivity index (χ1n) is 5.71. The monoisotopic (exact) mass is 363 g/mol. The number of halogens is 1. The minimum atomic E-state index is -3.72. The van der Waals surface area contributed by atoms with Gasteiger partial charge in [0, 0.05) is 30.9 Å². The number of aliphatic hydroxyl groups is 1. The molecule has 0 atom stereocenters. The van der Waals surface area contributed by atoms with E-state index < -0.39 is 10.0 Å². The van der Waals surface area contributed by atoms with Gasteiger partial charge in [-0.3, -0.25) is 4.68 Å². The smallest absolute Gasteiger partial charge is 0.245 e. The van der Waals surface area contributed by atoms with E-state index in [0.717, 1.165) is 11.3 Å². The van der Waals surface area contributed by atoms with Crippen LogP contribution < -0.4 is 4.72 Å². The molecule has 20 heavy (non-hydrogen) atoms. The first-order valence-corrected chi connectivity index (χ1v) is 7.99. The molecule has 2 heterocycles. The van der Waals surface area contributed by atoms with Crippen molar-refractivity contribution in [3.8, 4) is 0 Å². The fraction of sp³-hybridized carbons (Fsp3) is 0.364. The predicted octanol–water partition coefficient (Wildman–Crippen LogP) is 1.05. The van der Waals surface area contributed by atoms with E-state index in [9.17, 15) is 8.42 Å². The van der Waals surface area contributed by atoms with Crippen LogP contribution in [-0.4, -0.2) is 23.3 Å². The summed E-state index contributed by atoms with van der Waals surface area (Å²) in [5.41, 5.74) is 1.67. The molecule has 0 saturated heterocycles. The van der Waals surface area contributed by atoms with Crippen LogP contribution in [0.15, 0.2) is 26.2 Å². The van der Waals surface area contributed by atoms with E-state index in [2.05, 4.69) is 25.8 Å². The molecule has 0 radical (unpaired) electrons. The van der Waals surface area contributed by atoms with E-state index >= 15 is 0 Å². The number of aromatic nitrogens is 2. The van der Waals surface area contributed by atoms with Crippen LogP contribution in [0.1, 0.15) is 17.0 Å². The summed E-state index contributed by atoms with van der Waals surface area (Å²) in [5, 5.41) is 13.0. The van der Waals surface area contributed by atoms with Crippen LogP contribution in [0.3, 0.4) is 0 Å². The highest BCUT2D eigenvalue weighted by Gasteiger charge is 2.22. The van der Waals surface area contributed by atoms with Crippen LogP contribution in [0.5, 0.6) is 0 Å². The Morgan fingerprint density at radius 2 is 2.25 bits per heavy atom. The molecule has 0 aliphatic rings. The minimum Gasteiger partial charge on any atom is -0.450 e. The van der Waals surface area contributed by atoms with Gasteiger partial charge in [-0.05, 0) is 22.9 Å². The highest BCUT2D eigenvalue weighted by Crippen LogP contribution is 2.26. The Hall–Kier alpha value is -1.16. The fourth-order valence-electron chi connectivity index (χ4n) is 1.63. The van der Waals surface area contributed by atoms with Crippen LogP contribution in [0.4, 0.5) is 0 Å². The van der Waals surface area contributed by atoms with Gasteiger partial charge in [-0.2, -0.15) is 5.10 Å². The fourth-order valence-corrected chi connectivity index (χ4v) is 3.63. The van der Waals surface area contributed by atoms with Gasteiger partial charge in [0.25, 0.3) is 0 Å². The zero-order valence-electron chi connectivity index (χ0n) is 10.9. The number of hydrogen-bond acceptors (Lipinski definition) is 5. The largest absolute Gasteiger partial charge is 0.450 e. The zero-order valence-corrected chi connectivity index (χ0v) is 13.3. The Morgan fingerprint density at radius 1 is 1.55 bits per heavy atom. The number of rotatable bonds is 5. The number of hydrogen-bond donors (Lipinski definition) is 2. The lowest BCUT2D eigenvalue weighted by molar-refractivity contribution is 0.245. The maximum atomic E-state index is 12.2. The molecule has 7 nitrogen and oxygen atoms in total. The van der Waals surface area contributed by atoms with E-state index in [1.807, 2.05) is 6.92 Å².